The maximum atomic E-state index is 11.4. The van der Waals surface area contributed by atoms with Crippen LogP contribution in [0.4, 0.5) is 0 Å². The molecule has 0 bridgehead atoms. The molecular formula is C17H16N2O7. The Kier molecular flexibility index (Phi) is 6.10. The molecule has 0 amide bonds. The number of carbonyl (C=O) groups excluding carboxylic acids is 1. The number of carbonyl (C=O) groups is 3. The molecule has 9 nitrogen and oxygen atoms in total. The first-order valence-corrected chi connectivity index (χ1v) is 7.43. The quantitative estimate of drug-likeness (QED) is 0.544. The molecule has 1 aliphatic rings. The van der Waals surface area contributed by atoms with E-state index in [1.165, 1.54) is 7.11 Å². The Morgan fingerprint density at radius 1 is 1.08 bits per heavy atom. The van der Waals surface area contributed by atoms with Crippen molar-refractivity contribution in [3.05, 3.63) is 48.2 Å². The molecule has 0 aliphatic carbocycles. The van der Waals surface area contributed by atoms with Gasteiger partial charge in [0.1, 0.15) is 11.8 Å². The zero-order valence-electron chi connectivity index (χ0n) is 13.7. The highest BCUT2D eigenvalue weighted by molar-refractivity contribution is 6.27. The van der Waals surface area contributed by atoms with Crippen molar-refractivity contribution in [2.24, 2.45) is 4.99 Å². The number of esters is 1. The van der Waals surface area contributed by atoms with Gasteiger partial charge >= 0.3 is 17.9 Å². The third-order valence-electron chi connectivity index (χ3n) is 3.31. The molecule has 1 aromatic heterocycles. The summed E-state index contributed by atoms with van der Waals surface area (Å²) in [5.41, 5.74) is 1.00. The smallest absolute Gasteiger partial charge is 0.414 e. The Bertz CT molecular complexity index is 815. The lowest BCUT2D eigenvalue weighted by atomic mass is 10.2. The highest BCUT2D eigenvalue weighted by Gasteiger charge is 2.27. The van der Waals surface area contributed by atoms with Gasteiger partial charge in [-0.05, 0) is 12.1 Å². The minimum Gasteiger partial charge on any atom is -0.473 e. The molecular weight excluding hydrogens is 344 g/mol. The van der Waals surface area contributed by atoms with E-state index in [9.17, 15) is 4.79 Å². The maximum Gasteiger partial charge on any atom is 0.414 e. The van der Waals surface area contributed by atoms with Crippen LogP contribution in [0.15, 0.2) is 51.9 Å². The van der Waals surface area contributed by atoms with Crippen molar-refractivity contribution in [1.29, 1.82) is 0 Å². The van der Waals surface area contributed by atoms with Crippen molar-refractivity contribution in [3.8, 4) is 11.3 Å². The summed E-state index contributed by atoms with van der Waals surface area (Å²) in [5.74, 6) is -1.99. The van der Waals surface area contributed by atoms with Gasteiger partial charge in [0.05, 0.1) is 13.7 Å². The third kappa shape index (κ3) is 4.69. The average molecular weight is 360 g/mol. The van der Waals surface area contributed by atoms with Gasteiger partial charge in [-0.3, -0.25) is 4.99 Å². The van der Waals surface area contributed by atoms with Crippen LogP contribution in [0, 0.1) is 0 Å². The third-order valence-corrected chi connectivity index (χ3v) is 3.31. The fourth-order valence-electron chi connectivity index (χ4n) is 2.09. The lowest BCUT2D eigenvalue weighted by Crippen LogP contribution is -2.38. The molecule has 9 heteroatoms. The second-order valence-electron chi connectivity index (χ2n) is 5.05. The summed E-state index contributed by atoms with van der Waals surface area (Å²) in [6.45, 7) is 0.364. The minimum absolute atomic E-state index is 0.321. The Balaban J connectivity index is 0.000000352. The number of hydrogen-bond acceptors (Lipinski definition) is 7. The Morgan fingerprint density at radius 2 is 1.69 bits per heavy atom. The van der Waals surface area contributed by atoms with Crippen molar-refractivity contribution in [2.75, 3.05) is 13.7 Å². The topological polar surface area (TPSA) is 138 Å². The van der Waals surface area contributed by atoms with Crippen LogP contribution in [-0.4, -0.2) is 53.7 Å². The summed E-state index contributed by atoms with van der Waals surface area (Å²) in [6.07, 6.45) is 0. The van der Waals surface area contributed by atoms with Crippen molar-refractivity contribution in [2.45, 2.75) is 6.04 Å². The summed E-state index contributed by atoms with van der Waals surface area (Å²) in [4.78, 5) is 33.9. The van der Waals surface area contributed by atoms with Crippen LogP contribution in [0.1, 0.15) is 5.76 Å². The Hall–Kier alpha value is -3.62. The molecule has 0 saturated heterocycles. The maximum absolute atomic E-state index is 11.4. The summed E-state index contributed by atoms with van der Waals surface area (Å²) in [6, 6.07) is 13.1. The van der Waals surface area contributed by atoms with Crippen LogP contribution in [-0.2, 0) is 19.1 Å². The lowest BCUT2D eigenvalue weighted by molar-refractivity contribution is -0.159. The summed E-state index contributed by atoms with van der Waals surface area (Å²) in [7, 11) is 1.36. The summed E-state index contributed by atoms with van der Waals surface area (Å²) in [5, 5.41) is 17.8. The van der Waals surface area contributed by atoms with Gasteiger partial charge in [0, 0.05) is 5.56 Å². The van der Waals surface area contributed by atoms with Gasteiger partial charge in [-0.25, -0.2) is 14.4 Å². The zero-order valence-corrected chi connectivity index (χ0v) is 13.7. The van der Waals surface area contributed by atoms with Gasteiger partial charge in [-0.2, -0.15) is 0 Å². The molecule has 1 atom stereocenters. The van der Waals surface area contributed by atoms with Crippen LogP contribution in [0.3, 0.4) is 0 Å². The molecule has 136 valence electrons. The van der Waals surface area contributed by atoms with Gasteiger partial charge in [0.15, 0.2) is 11.6 Å². The van der Waals surface area contributed by atoms with E-state index in [-0.39, 0.29) is 5.97 Å². The summed E-state index contributed by atoms with van der Waals surface area (Å²) >= 11 is 0. The SMILES string of the molecule is COC(=O)C1CN=C(c2ccc(-c3ccccc3)o2)N1.O=C(O)C(=O)O. The number of rotatable bonds is 3. The van der Waals surface area contributed by atoms with E-state index in [0.717, 1.165) is 11.3 Å². The van der Waals surface area contributed by atoms with Crippen LogP contribution >= 0.6 is 0 Å². The standard InChI is InChI=1S/C15H14N2O3.C2H2O4/c1-19-15(18)11-9-16-14(17-11)13-8-7-12(20-13)10-5-3-2-4-6-10;3-1(4)2(5)6/h2-8,11H,9H2,1H3,(H,16,17);(H,3,4)(H,5,6). The lowest BCUT2D eigenvalue weighted by Gasteiger charge is -2.07. The Morgan fingerprint density at radius 3 is 2.27 bits per heavy atom. The highest BCUT2D eigenvalue weighted by atomic mass is 16.5. The van der Waals surface area contributed by atoms with Gasteiger partial charge < -0.3 is 24.7 Å². The molecule has 0 saturated carbocycles. The largest absolute Gasteiger partial charge is 0.473 e. The fraction of sp³-hybridized carbons (Fsp3) is 0.176. The molecule has 0 spiro atoms. The molecule has 1 aliphatic heterocycles. The van der Waals surface area contributed by atoms with E-state index in [1.807, 2.05) is 42.5 Å². The van der Waals surface area contributed by atoms with E-state index in [0.29, 0.717) is 18.1 Å². The molecule has 2 heterocycles. The number of carboxylic acid groups (broad SMARTS) is 2. The van der Waals surface area contributed by atoms with Crippen molar-refractivity contribution in [1.82, 2.24) is 5.32 Å². The van der Waals surface area contributed by atoms with Crippen LogP contribution in [0.2, 0.25) is 0 Å². The number of nitrogens with one attached hydrogen (secondary N) is 1. The number of aliphatic imine (C=N–C) groups is 1. The number of aliphatic carboxylic acids is 2. The van der Waals surface area contributed by atoms with Crippen LogP contribution in [0.5, 0.6) is 0 Å². The molecule has 0 radical (unpaired) electrons. The van der Waals surface area contributed by atoms with Gasteiger partial charge in [-0.15, -0.1) is 0 Å². The first kappa shape index (κ1) is 18.7. The minimum atomic E-state index is -1.82. The van der Waals surface area contributed by atoms with Crippen molar-refractivity contribution < 1.29 is 33.8 Å². The van der Waals surface area contributed by atoms with Crippen molar-refractivity contribution in [3.63, 3.8) is 0 Å². The molecule has 0 fully saturated rings. The first-order chi connectivity index (χ1) is 12.4. The van der Waals surface area contributed by atoms with Gasteiger partial charge in [-0.1, -0.05) is 30.3 Å². The van der Waals surface area contributed by atoms with E-state index in [4.69, 9.17) is 24.2 Å². The average Bonchev–Trinajstić information content (AvgIpc) is 3.31. The predicted molar refractivity (Wildman–Crippen MR) is 89.8 cm³/mol. The van der Waals surface area contributed by atoms with Crippen LogP contribution < -0.4 is 5.32 Å². The number of nitrogens with zero attached hydrogens (tertiary/aromatic N) is 1. The molecule has 3 N–H and O–H groups in total. The number of furan rings is 1. The number of carboxylic acids is 2. The number of ether oxygens (including phenoxy) is 1. The molecule has 1 unspecified atom stereocenters. The molecule has 26 heavy (non-hydrogen) atoms. The predicted octanol–water partition coefficient (Wildman–Crippen LogP) is 0.994. The second-order valence-corrected chi connectivity index (χ2v) is 5.05. The van der Waals surface area contributed by atoms with Crippen molar-refractivity contribution >= 4 is 23.7 Å². The summed E-state index contributed by atoms with van der Waals surface area (Å²) < 4.78 is 10.5. The Labute approximate surface area is 147 Å². The van der Waals surface area contributed by atoms with Gasteiger partial charge in [0.2, 0.25) is 0 Å². The fourth-order valence-corrected chi connectivity index (χ4v) is 2.09. The van der Waals surface area contributed by atoms with E-state index < -0.39 is 18.0 Å². The monoisotopic (exact) mass is 360 g/mol. The first-order valence-electron chi connectivity index (χ1n) is 7.43. The number of hydrogen-bond donors (Lipinski definition) is 3. The molecule has 1 aromatic carbocycles. The second kappa shape index (κ2) is 8.47. The normalized spacial score (nSPS) is 15.1. The molecule has 3 rings (SSSR count). The number of benzene rings is 1. The van der Waals surface area contributed by atoms with E-state index >= 15 is 0 Å². The number of methoxy groups -OCH3 is 1. The van der Waals surface area contributed by atoms with E-state index in [2.05, 4.69) is 15.0 Å². The number of amidine groups is 1. The van der Waals surface area contributed by atoms with Gasteiger partial charge in [0.25, 0.3) is 0 Å². The van der Waals surface area contributed by atoms with E-state index in [1.54, 1.807) is 0 Å². The zero-order chi connectivity index (χ0) is 19.1. The molecule has 2 aromatic rings. The van der Waals surface area contributed by atoms with Crippen LogP contribution in [0.25, 0.3) is 11.3 Å². The highest BCUT2D eigenvalue weighted by Crippen LogP contribution is 2.22.